The van der Waals surface area contributed by atoms with Gasteiger partial charge in [0.2, 0.25) is 12.3 Å². The summed E-state index contributed by atoms with van der Waals surface area (Å²) in [6.45, 7) is 0.399. The molecule has 0 saturated heterocycles. The second-order valence-corrected chi connectivity index (χ2v) is 9.06. The Labute approximate surface area is 144 Å². The third-order valence-corrected chi connectivity index (χ3v) is 7.01. The molecule has 1 aromatic rings. The first-order valence-electron chi connectivity index (χ1n) is 6.87. The average Bonchev–Trinajstić information content (AvgIpc) is 3.11. The quantitative estimate of drug-likeness (QED) is 0.592. The average molecular weight is 408 g/mol. The van der Waals surface area contributed by atoms with Crippen molar-refractivity contribution in [3.8, 4) is 0 Å². The van der Waals surface area contributed by atoms with Gasteiger partial charge < -0.3 is 10.6 Å². The van der Waals surface area contributed by atoms with Crippen LogP contribution in [0.15, 0.2) is 20.1 Å². The number of likely N-dealkylation sites (N-methyl/N-ethyl adjacent to an activating group) is 1. The Kier molecular flexibility index (Phi) is 6.13. The summed E-state index contributed by atoms with van der Waals surface area (Å²) in [5.41, 5.74) is -0.913. The lowest BCUT2D eigenvalue weighted by Crippen LogP contribution is -2.60. The predicted molar refractivity (Wildman–Crippen MR) is 89.8 cm³/mol. The van der Waals surface area contributed by atoms with Gasteiger partial charge in [0, 0.05) is 19.5 Å². The zero-order valence-corrected chi connectivity index (χ0v) is 15.3. The van der Waals surface area contributed by atoms with E-state index in [1.54, 1.807) is 13.1 Å². The highest BCUT2D eigenvalue weighted by Crippen LogP contribution is 2.35. The summed E-state index contributed by atoms with van der Waals surface area (Å²) >= 11 is 4.74. The highest BCUT2D eigenvalue weighted by atomic mass is 79.9. The molecule has 0 spiro atoms. The molecule has 1 fully saturated rings. The molecule has 1 aromatic heterocycles. The van der Waals surface area contributed by atoms with E-state index >= 15 is 0 Å². The molecule has 0 radical (unpaired) electrons. The summed E-state index contributed by atoms with van der Waals surface area (Å²) in [5, 5.41) is 5.31. The van der Waals surface area contributed by atoms with Crippen molar-refractivity contribution >= 4 is 50.6 Å². The van der Waals surface area contributed by atoms with Gasteiger partial charge in [-0.05, 0) is 40.9 Å². The largest absolute Gasteiger partial charge is 0.357 e. The lowest BCUT2D eigenvalue weighted by atomic mass is 9.86. The Hall–Kier alpha value is -0.770. The van der Waals surface area contributed by atoms with Crippen molar-refractivity contribution in [3.63, 3.8) is 0 Å². The predicted octanol–water partition coefficient (Wildman–Crippen LogP) is 1.15. The molecule has 0 aromatic carbocycles. The van der Waals surface area contributed by atoms with E-state index in [0.29, 0.717) is 19.4 Å². The molecule has 1 aliphatic carbocycles. The topological polar surface area (TPSA) is 87.3 Å². The van der Waals surface area contributed by atoms with Crippen LogP contribution in [-0.4, -0.2) is 35.7 Å². The molecule has 0 bridgehead atoms. The minimum absolute atomic E-state index is 0.0926. The first-order chi connectivity index (χ1) is 10.5. The van der Waals surface area contributed by atoms with Gasteiger partial charge in [-0.2, -0.15) is 0 Å². The van der Waals surface area contributed by atoms with Gasteiger partial charge in [-0.3, -0.25) is 9.59 Å². The Morgan fingerprint density at radius 1 is 1.59 bits per heavy atom. The standard InChI is InChI=1S/C13H18BrN3O3S2/c1-15-12(19)13(16-8-18)6-2-3-9(13)7-17-22(20)11-5-4-10(14)21-11/h4-5,8-9,17H,2-3,6-7H2,1H3,(H,15,19)(H,16,18). The molecule has 2 amide bonds. The van der Waals surface area contributed by atoms with Crippen molar-refractivity contribution in [1.29, 1.82) is 0 Å². The fourth-order valence-electron chi connectivity index (χ4n) is 2.88. The van der Waals surface area contributed by atoms with Crippen LogP contribution in [0.5, 0.6) is 0 Å². The maximum Gasteiger partial charge on any atom is 0.245 e. The lowest BCUT2D eigenvalue weighted by Gasteiger charge is -2.33. The minimum atomic E-state index is -1.32. The van der Waals surface area contributed by atoms with Crippen molar-refractivity contribution in [2.24, 2.45) is 5.92 Å². The molecule has 0 aliphatic heterocycles. The van der Waals surface area contributed by atoms with E-state index in [1.807, 2.05) is 6.07 Å². The van der Waals surface area contributed by atoms with E-state index in [9.17, 15) is 13.8 Å². The van der Waals surface area contributed by atoms with Crippen LogP contribution < -0.4 is 15.4 Å². The van der Waals surface area contributed by atoms with E-state index in [1.165, 1.54) is 11.3 Å². The van der Waals surface area contributed by atoms with Gasteiger partial charge in [0.15, 0.2) is 0 Å². The molecular formula is C13H18BrN3O3S2. The Morgan fingerprint density at radius 2 is 2.36 bits per heavy atom. The second-order valence-electron chi connectivity index (χ2n) is 5.08. The number of rotatable bonds is 7. The molecule has 22 heavy (non-hydrogen) atoms. The maximum absolute atomic E-state index is 12.2. The monoisotopic (exact) mass is 407 g/mol. The van der Waals surface area contributed by atoms with Gasteiger partial charge in [0.05, 0.1) is 3.79 Å². The van der Waals surface area contributed by atoms with Gasteiger partial charge in [-0.25, -0.2) is 8.93 Å². The number of carbonyl (C=O) groups excluding carboxylic acids is 2. The van der Waals surface area contributed by atoms with Crippen LogP contribution in [0.1, 0.15) is 19.3 Å². The third-order valence-electron chi connectivity index (χ3n) is 3.96. The number of amides is 2. The van der Waals surface area contributed by atoms with Crippen LogP contribution in [0, 0.1) is 5.92 Å². The maximum atomic E-state index is 12.2. The molecule has 1 heterocycles. The fourth-order valence-corrected chi connectivity index (χ4v) is 5.76. The first-order valence-corrected chi connectivity index (χ1v) is 9.63. The lowest BCUT2D eigenvalue weighted by molar-refractivity contribution is -0.131. The molecule has 122 valence electrons. The number of nitrogens with one attached hydrogen (secondary N) is 3. The van der Waals surface area contributed by atoms with Crippen LogP contribution in [0.2, 0.25) is 0 Å². The molecule has 3 atom stereocenters. The van der Waals surface area contributed by atoms with Crippen molar-refractivity contribution in [2.45, 2.75) is 29.0 Å². The summed E-state index contributed by atoms with van der Waals surface area (Å²) in [5.74, 6) is -0.293. The molecule has 3 unspecified atom stereocenters. The van der Waals surface area contributed by atoms with Crippen LogP contribution >= 0.6 is 27.3 Å². The number of hydrogen-bond acceptors (Lipinski definition) is 4. The van der Waals surface area contributed by atoms with Gasteiger partial charge in [0.25, 0.3) is 0 Å². The zero-order valence-electron chi connectivity index (χ0n) is 12.1. The van der Waals surface area contributed by atoms with Crippen molar-refractivity contribution in [1.82, 2.24) is 15.4 Å². The molecule has 2 rings (SSSR count). The van der Waals surface area contributed by atoms with Gasteiger partial charge in [-0.15, -0.1) is 11.3 Å². The number of halogens is 1. The van der Waals surface area contributed by atoms with Crippen LogP contribution in [-0.2, 0) is 20.6 Å². The SMILES string of the molecule is CNC(=O)C1(NC=O)CCCC1CNS(=O)c1ccc(Br)s1. The van der Waals surface area contributed by atoms with E-state index in [2.05, 4.69) is 31.3 Å². The highest BCUT2D eigenvalue weighted by molar-refractivity contribution is 9.11. The van der Waals surface area contributed by atoms with Crippen molar-refractivity contribution < 1.29 is 13.8 Å². The summed E-state index contributed by atoms with van der Waals surface area (Å²) < 4.78 is 16.8. The Morgan fingerprint density at radius 3 is 2.95 bits per heavy atom. The Bertz CT molecular complexity index is 581. The Balaban J connectivity index is 2.05. The summed E-state index contributed by atoms with van der Waals surface area (Å²) in [6.07, 6.45) is 2.81. The highest BCUT2D eigenvalue weighted by Gasteiger charge is 2.48. The van der Waals surface area contributed by atoms with Gasteiger partial charge in [-0.1, -0.05) is 6.42 Å². The van der Waals surface area contributed by atoms with E-state index in [0.717, 1.165) is 20.8 Å². The smallest absolute Gasteiger partial charge is 0.245 e. The van der Waals surface area contributed by atoms with E-state index in [4.69, 9.17) is 0 Å². The van der Waals surface area contributed by atoms with Crippen LogP contribution in [0.25, 0.3) is 0 Å². The van der Waals surface area contributed by atoms with Gasteiger partial charge >= 0.3 is 0 Å². The molecule has 1 saturated carbocycles. The summed E-state index contributed by atoms with van der Waals surface area (Å²) in [6, 6.07) is 3.64. The van der Waals surface area contributed by atoms with Gasteiger partial charge in [0.1, 0.15) is 20.7 Å². The van der Waals surface area contributed by atoms with Crippen LogP contribution in [0.3, 0.4) is 0 Å². The van der Waals surface area contributed by atoms with Crippen molar-refractivity contribution in [2.75, 3.05) is 13.6 Å². The number of hydrogen-bond donors (Lipinski definition) is 3. The fraction of sp³-hybridized carbons (Fsp3) is 0.538. The molecule has 9 heteroatoms. The summed E-state index contributed by atoms with van der Waals surface area (Å²) in [7, 11) is 0.236. The second kappa shape index (κ2) is 7.67. The third kappa shape index (κ3) is 3.58. The van der Waals surface area contributed by atoms with Crippen molar-refractivity contribution in [3.05, 3.63) is 15.9 Å². The molecule has 6 nitrogen and oxygen atoms in total. The van der Waals surface area contributed by atoms with E-state index < -0.39 is 16.5 Å². The number of carbonyl (C=O) groups is 2. The molecular weight excluding hydrogens is 390 g/mol. The first kappa shape index (κ1) is 17.6. The van der Waals surface area contributed by atoms with Crippen LogP contribution in [0.4, 0.5) is 0 Å². The number of thiophene rings is 1. The normalized spacial score (nSPS) is 25.6. The molecule has 3 N–H and O–H groups in total. The molecule has 1 aliphatic rings. The minimum Gasteiger partial charge on any atom is -0.357 e. The zero-order chi connectivity index (χ0) is 16.2. The van der Waals surface area contributed by atoms with E-state index in [-0.39, 0.29) is 11.8 Å². The summed E-state index contributed by atoms with van der Waals surface area (Å²) in [4.78, 5) is 23.1.